The van der Waals surface area contributed by atoms with Crippen molar-refractivity contribution in [3.63, 3.8) is 0 Å². The number of ether oxygens (including phenoxy) is 2. The topological polar surface area (TPSA) is 115 Å². The zero-order chi connectivity index (χ0) is 27.8. The number of phenols is 1. The van der Waals surface area contributed by atoms with Crippen molar-refractivity contribution in [3.05, 3.63) is 87.5 Å². The second-order valence-corrected chi connectivity index (χ2v) is 10.5. The molecule has 4 aromatic rings. The summed E-state index contributed by atoms with van der Waals surface area (Å²) in [4.78, 5) is 26.1. The van der Waals surface area contributed by atoms with E-state index in [2.05, 4.69) is 15.7 Å². The minimum Gasteiger partial charge on any atom is -0.507 e. The number of aromatic nitrogens is 2. The molecule has 0 atom stereocenters. The maximum atomic E-state index is 13.2. The molecule has 0 radical (unpaired) electrons. The van der Waals surface area contributed by atoms with E-state index < -0.39 is 6.03 Å². The van der Waals surface area contributed by atoms with Gasteiger partial charge in [0.1, 0.15) is 5.75 Å². The average molecular weight is 579 g/mol. The predicted octanol–water partition coefficient (Wildman–Crippen LogP) is 6.57. The molecule has 2 heterocycles. The van der Waals surface area contributed by atoms with Crippen molar-refractivity contribution >= 4 is 40.8 Å². The van der Waals surface area contributed by atoms with Crippen LogP contribution in [-0.2, 0) is 6.54 Å². The summed E-state index contributed by atoms with van der Waals surface area (Å²) in [7, 11) is 0. The average Bonchev–Trinajstić information content (AvgIpc) is 3.56. The summed E-state index contributed by atoms with van der Waals surface area (Å²) in [5, 5.41) is 21.8. The Bertz CT molecular complexity index is 1630. The summed E-state index contributed by atoms with van der Waals surface area (Å²) in [6.07, 6.45) is 2.97. The molecule has 1 aromatic heterocycles. The van der Waals surface area contributed by atoms with E-state index in [9.17, 15) is 14.7 Å². The monoisotopic (exact) mass is 578 g/mol. The van der Waals surface area contributed by atoms with Crippen molar-refractivity contribution in [3.8, 4) is 28.5 Å². The minimum absolute atomic E-state index is 0.0258. The number of carbonyl (C=O) groups excluding carboxylic acids is 2. The van der Waals surface area contributed by atoms with E-state index in [4.69, 9.17) is 32.7 Å². The molecule has 9 nitrogen and oxygen atoms in total. The molecule has 204 valence electrons. The third-order valence-corrected chi connectivity index (χ3v) is 7.78. The Morgan fingerprint density at radius 3 is 2.58 bits per heavy atom. The van der Waals surface area contributed by atoms with E-state index in [-0.39, 0.29) is 30.9 Å². The number of hydrogen-bond donors (Lipinski definition) is 3. The Morgan fingerprint density at radius 1 is 0.975 bits per heavy atom. The SMILES string of the molecule is O=C(Nc1ccc(O)c(-c2cc(C3CCC3)n(C(=O)NCc3ccc(Cl)c(Cl)c3)n2)c1)c1ccc2c(c1)OCO2. The number of halogens is 2. The highest BCUT2D eigenvalue weighted by molar-refractivity contribution is 6.42. The predicted molar refractivity (Wildman–Crippen MR) is 151 cm³/mol. The van der Waals surface area contributed by atoms with E-state index in [1.54, 1.807) is 48.5 Å². The highest BCUT2D eigenvalue weighted by atomic mass is 35.5. The number of carbonyl (C=O) groups is 2. The number of phenolic OH excluding ortho intramolecular Hbond substituents is 1. The fraction of sp³-hybridized carbons (Fsp3) is 0.207. The molecule has 1 aliphatic heterocycles. The molecular weight excluding hydrogens is 555 g/mol. The van der Waals surface area contributed by atoms with Crippen molar-refractivity contribution in [1.29, 1.82) is 0 Å². The Labute approximate surface area is 239 Å². The molecule has 1 fully saturated rings. The van der Waals surface area contributed by atoms with Gasteiger partial charge in [-0.05, 0) is 73.0 Å². The highest BCUT2D eigenvalue weighted by Crippen LogP contribution is 2.40. The Hall–Kier alpha value is -4.21. The fourth-order valence-corrected chi connectivity index (χ4v) is 4.97. The van der Waals surface area contributed by atoms with Crippen LogP contribution in [0.1, 0.15) is 46.8 Å². The summed E-state index contributed by atoms with van der Waals surface area (Å²) in [5.74, 6) is 0.903. The summed E-state index contributed by atoms with van der Waals surface area (Å²) >= 11 is 12.1. The van der Waals surface area contributed by atoms with Crippen molar-refractivity contribution in [2.75, 3.05) is 12.1 Å². The molecule has 0 saturated heterocycles. The summed E-state index contributed by atoms with van der Waals surface area (Å²) in [6.45, 7) is 0.354. The molecule has 1 aliphatic carbocycles. The molecule has 0 spiro atoms. The molecule has 0 unspecified atom stereocenters. The molecule has 3 N–H and O–H groups in total. The quantitative estimate of drug-likeness (QED) is 0.223. The lowest BCUT2D eigenvalue weighted by Crippen LogP contribution is -2.31. The first-order valence-electron chi connectivity index (χ1n) is 12.7. The molecule has 40 heavy (non-hydrogen) atoms. The van der Waals surface area contributed by atoms with Gasteiger partial charge in [-0.25, -0.2) is 4.79 Å². The van der Waals surface area contributed by atoms with Gasteiger partial charge >= 0.3 is 6.03 Å². The van der Waals surface area contributed by atoms with Gasteiger partial charge in [0.15, 0.2) is 11.5 Å². The molecule has 0 bridgehead atoms. The van der Waals surface area contributed by atoms with Gasteiger partial charge in [-0.2, -0.15) is 9.78 Å². The van der Waals surface area contributed by atoms with Gasteiger partial charge in [-0.1, -0.05) is 35.7 Å². The number of amides is 2. The maximum absolute atomic E-state index is 13.2. The van der Waals surface area contributed by atoms with E-state index in [1.807, 2.05) is 6.07 Å². The standard InChI is InChI=1S/C29H24Cl2N4O5/c30-21-7-4-16(10-22(21)31)14-32-29(38)35-24(17-2-1-3-17)13-23(34-35)20-12-19(6-8-25(20)36)33-28(37)18-5-9-26-27(11-18)40-15-39-26/h4-13,17,36H,1-3,14-15H2,(H,32,38)(H,33,37). The Kier molecular flexibility index (Phi) is 7.00. The van der Waals surface area contributed by atoms with Crippen molar-refractivity contribution < 1.29 is 24.2 Å². The fourth-order valence-electron chi connectivity index (χ4n) is 4.65. The first kappa shape index (κ1) is 26.0. The smallest absolute Gasteiger partial charge is 0.342 e. The number of anilines is 1. The zero-order valence-corrected chi connectivity index (χ0v) is 22.6. The van der Waals surface area contributed by atoms with E-state index in [1.165, 1.54) is 10.7 Å². The van der Waals surface area contributed by atoms with Gasteiger partial charge in [0.05, 0.1) is 21.4 Å². The van der Waals surface area contributed by atoms with Crippen LogP contribution in [0.2, 0.25) is 10.0 Å². The lowest BCUT2D eigenvalue weighted by Gasteiger charge is -2.25. The molecular formula is C29H24Cl2N4O5. The molecule has 2 amide bonds. The normalized spacial score (nSPS) is 14.1. The van der Waals surface area contributed by atoms with Gasteiger partial charge < -0.3 is 25.2 Å². The largest absolute Gasteiger partial charge is 0.507 e. The molecule has 11 heteroatoms. The van der Waals surface area contributed by atoms with Gasteiger partial charge in [0, 0.05) is 29.3 Å². The highest BCUT2D eigenvalue weighted by Gasteiger charge is 2.28. The van der Waals surface area contributed by atoms with Crippen LogP contribution in [0.3, 0.4) is 0 Å². The zero-order valence-electron chi connectivity index (χ0n) is 21.1. The number of nitrogens with one attached hydrogen (secondary N) is 2. The van der Waals surface area contributed by atoms with E-state index in [0.717, 1.165) is 30.5 Å². The van der Waals surface area contributed by atoms with Crippen LogP contribution in [0.25, 0.3) is 11.3 Å². The van der Waals surface area contributed by atoms with Gasteiger partial charge in [-0.15, -0.1) is 0 Å². The molecule has 2 aliphatic rings. The van der Waals surface area contributed by atoms with Gasteiger partial charge in [0.25, 0.3) is 5.91 Å². The summed E-state index contributed by atoms with van der Waals surface area (Å²) in [5.41, 5.74) is 3.22. The Balaban J connectivity index is 1.24. The van der Waals surface area contributed by atoms with Crippen LogP contribution in [0.4, 0.5) is 10.5 Å². The summed E-state index contributed by atoms with van der Waals surface area (Å²) < 4.78 is 12.0. The minimum atomic E-state index is -0.397. The van der Waals surface area contributed by atoms with Gasteiger partial charge in [-0.3, -0.25) is 4.79 Å². The first-order valence-corrected chi connectivity index (χ1v) is 13.5. The number of benzene rings is 3. The van der Waals surface area contributed by atoms with Crippen molar-refractivity contribution in [2.45, 2.75) is 31.7 Å². The van der Waals surface area contributed by atoms with Crippen molar-refractivity contribution in [2.24, 2.45) is 0 Å². The summed E-state index contributed by atoms with van der Waals surface area (Å²) in [6, 6.07) is 16.2. The van der Waals surface area contributed by atoms with E-state index in [0.29, 0.717) is 44.1 Å². The number of fused-ring (bicyclic) bond motifs is 1. The van der Waals surface area contributed by atoms with Crippen LogP contribution >= 0.6 is 23.2 Å². The van der Waals surface area contributed by atoms with E-state index >= 15 is 0 Å². The lowest BCUT2D eigenvalue weighted by atomic mass is 9.82. The van der Waals surface area contributed by atoms with Crippen LogP contribution in [0, 0.1) is 0 Å². The lowest BCUT2D eigenvalue weighted by molar-refractivity contribution is 0.102. The maximum Gasteiger partial charge on any atom is 0.342 e. The number of aromatic hydroxyl groups is 1. The van der Waals surface area contributed by atoms with Crippen LogP contribution < -0.4 is 20.1 Å². The van der Waals surface area contributed by atoms with Gasteiger partial charge in [0.2, 0.25) is 6.79 Å². The third-order valence-electron chi connectivity index (χ3n) is 7.05. The number of nitrogens with zero attached hydrogens (tertiary/aromatic N) is 2. The third kappa shape index (κ3) is 5.17. The molecule has 1 saturated carbocycles. The Morgan fingerprint density at radius 2 is 1.80 bits per heavy atom. The molecule has 6 rings (SSSR count). The van der Waals surface area contributed by atoms with Crippen LogP contribution in [0.5, 0.6) is 17.2 Å². The van der Waals surface area contributed by atoms with Crippen molar-refractivity contribution in [1.82, 2.24) is 15.1 Å². The van der Waals surface area contributed by atoms with Crippen LogP contribution in [-0.4, -0.2) is 33.6 Å². The number of rotatable bonds is 6. The van der Waals surface area contributed by atoms with Crippen LogP contribution in [0.15, 0.2) is 60.7 Å². The molecule has 3 aromatic carbocycles. The second kappa shape index (κ2) is 10.7. The second-order valence-electron chi connectivity index (χ2n) is 9.66. The first-order chi connectivity index (χ1) is 19.4. The number of hydrogen-bond acceptors (Lipinski definition) is 6.